The van der Waals surface area contributed by atoms with E-state index >= 15 is 0 Å². The number of hydrogen-bond donors (Lipinski definition) is 1. The molecular weight excluding hydrogens is 278 g/mol. The summed E-state index contributed by atoms with van der Waals surface area (Å²) in [5.74, 6) is -2.55. The number of rotatable bonds is 2. The lowest BCUT2D eigenvalue weighted by molar-refractivity contribution is -0.127. The highest BCUT2D eigenvalue weighted by molar-refractivity contribution is 6.00. The highest BCUT2D eigenvalue weighted by Gasteiger charge is 2.36. The van der Waals surface area contributed by atoms with E-state index in [4.69, 9.17) is 0 Å². The van der Waals surface area contributed by atoms with E-state index in [-0.39, 0.29) is 30.5 Å². The zero-order chi connectivity index (χ0) is 15.8. The standard InChI is InChI=1S/C15H18F2N2O2/c1-15(2,3)18-14(21)9-4-13(20)19(8-9)12-6-10(16)5-11(17)7-12/h5-7,9H,4,8H2,1-3H3,(H,18,21)/t9-/m0/s1. The van der Waals surface area contributed by atoms with Gasteiger partial charge >= 0.3 is 0 Å². The van der Waals surface area contributed by atoms with Crippen LogP contribution in [0.1, 0.15) is 27.2 Å². The number of anilines is 1. The third-order valence-electron chi connectivity index (χ3n) is 3.15. The quantitative estimate of drug-likeness (QED) is 0.910. The lowest BCUT2D eigenvalue weighted by Gasteiger charge is -2.23. The van der Waals surface area contributed by atoms with E-state index in [1.165, 1.54) is 4.90 Å². The first-order valence-corrected chi connectivity index (χ1v) is 6.74. The molecular formula is C15H18F2N2O2. The summed E-state index contributed by atoms with van der Waals surface area (Å²) >= 11 is 0. The van der Waals surface area contributed by atoms with Crippen LogP contribution in [0.3, 0.4) is 0 Å². The van der Waals surface area contributed by atoms with E-state index < -0.39 is 23.1 Å². The summed E-state index contributed by atoms with van der Waals surface area (Å²) in [5, 5.41) is 2.81. The van der Waals surface area contributed by atoms with Crippen molar-refractivity contribution in [1.29, 1.82) is 0 Å². The lowest BCUT2D eigenvalue weighted by Crippen LogP contribution is -2.44. The van der Waals surface area contributed by atoms with Gasteiger partial charge in [-0.05, 0) is 32.9 Å². The third kappa shape index (κ3) is 3.77. The minimum Gasteiger partial charge on any atom is -0.351 e. The van der Waals surface area contributed by atoms with E-state index in [1.807, 2.05) is 20.8 Å². The number of hydrogen-bond acceptors (Lipinski definition) is 2. The van der Waals surface area contributed by atoms with Crippen LogP contribution in [-0.2, 0) is 9.59 Å². The molecule has 114 valence electrons. The summed E-state index contributed by atoms with van der Waals surface area (Å²) in [6.45, 7) is 5.67. The first-order chi connectivity index (χ1) is 9.65. The fourth-order valence-electron chi connectivity index (χ4n) is 2.30. The molecule has 0 spiro atoms. The average molecular weight is 296 g/mol. The van der Waals surface area contributed by atoms with Gasteiger partial charge in [0.05, 0.1) is 5.92 Å². The molecule has 0 aliphatic carbocycles. The molecule has 0 saturated carbocycles. The van der Waals surface area contributed by atoms with Crippen molar-refractivity contribution in [1.82, 2.24) is 5.32 Å². The molecule has 2 rings (SSSR count). The highest BCUT2D eigenvalue weighted by atomic mass is 19.1. The van der Waals surface area contributed by atoms with Crippen molar-refractivity contribution in [2.45, 2.75) is 32.7 Å². The molecule has 1 aromatic rings. The molecule has 0 bridgehead atoms. The van der Waals surface area contributed by atoms with Gasteiger partial charge in [-0.3, -0.25) is 9.59 Å². The number of nitrogens with zero attached hydrogens (tertiary/aromatic N) is 1. The van der Waals surface area contributed by atoms with Gasteiger partial charge in [-0.15, -0.1) is 0 Å². The van der Waals surface area contributed by atoms with Crippen LogP contribution in [0.15, 0.2) is 18.2 Å². The Morgan fingerprint density at radius 2 is 1.81 bits per heavy atom. The molecule has 1 fully saturated rings. The number of benzene rings is 1. The number of amides is 2. The van der Waals surface area contributed by atoms with Gasteiger partial charge in [-0.2, -0.15) is 0 Å². The van der Waals surface area contributed by atoms with Gasteiger partial charge in [0.2, 0.25) is 11.8 Å². The van der Waals surface area contributed by atoms with Gasteiger partial charge in [-0.1, -0.05) is 0 Å². The summed E-state index contributed by atoms with van der Waals surface area (Å²) in [4.78, 5) is 25.3. The molecule has 0 unspecified atom stereocenters. The molecule has 4 nitrogen and oxygen atoms in total. The van der Waals surface area contributed by atoms with Crippen LogP contribution in [-0.4, -0.2) is 23.9 Å². The molecule has 1 aromatic carbocycles. The Morgan fingerprint density at radius 3 is 2.33 bits per heavy atom. The predicted molar refractivity (Wildman–Crippen MR) is 74.7 cm³/mol. The summed E-state index contributed by atoms with van der Waals surface area (Å²) < 4.78 is 26.5. The Hall–Kier alpha value is -1.98. The van der Waals surface area contributed by atoms with E-state index in [0.29, 0.717) is 0 Å². The monoisotopic (exact) mass is 296 g/mol. The highest BCUT2D eigenvalue weighted by Crippen LogP contribution is 2.27. The van der Waals surface area contributed by atoms with Gasteiger partial charge in [0.25, 0.3) is 0 Å². The number of halogens is 2. The maximum atomic E-state index is 13.2. The minimum absolute atomic E-state index is 0.0417. The second-order valence-electron chi connectivity index (χ2n) is 6.27. The van der Waals surface area contributed by atoms with Crippen LogP contribution in [0.25, 0.3) is 0 Å². The minimum atomic E-state index is -0.750. The van der Waals surface area contributed by atoms with Crippen LogP contribution in [0.4, 0.5) is 14.5 Å². The summed E-state index contributed by atoms with van der Waals surface area (Å²) in [7, 11) is 0. The Balaban J connectivity index is 2.14. The molecule has 6 heteroatoms. The van der Waals surface area contributed by atoms with Crippen LogP contribution in [0.2, 0.25) is 0 Å². The Bertz CT molecular complexity index is 561. The smallest absolute Gasteiger partial charge is 0.227 e. The molecule has 21 heavy (non-hydrogen) atoms. The third-order valence-corrected chi connectivity index (χ3v) is 3.15. The second kappa shape index (κ2) is 5.42. The van der Waals surface area contributed by atoms with Crippen LogP contribution in [0, 0.1) is 17.6 Å². The number of nitrogens with one attached hydrogen (secondary N) is 1. The van der Waals surface area contributed by atoms with Crippen LogP contribution in [0.5, 0.6) is 0 Å². The van der Waals surface area contributed by atoms with Crippen molar-refractivity contribution < 1.29 is 18.4 Å². The lowest BCUT2D eigenvalue weighted by atomic mass is 10.0. The molecule has 1 atom stereocenters. The van der Waals surface area contributed by atoms with Crippen molar-refractivity contribution >= 4 is 17.5 Å². The molecule has 1 saturated heterocycles. The van der Waals surface area contributed by atoms with Gasteiger partial charge < -0.3 is 10.2 Å². The topological polar surface area (TPSA) is 49.4 Å². The fourth-order valence-corrected chi connectivity index (χ4v) is 2.30. The maximum absolute atomic E-state index is 13.2. The Kier molecular flexibility index (Phi) is 3.98. The SMILES string of the molecule is CC(C)(C)NC(=O)[C@H]1CC(=O)N(c2cc(F)cc(F)c2)C1. The molecule has 1 N–H and O–H groups in total. The van der Waals surface area contributed by atoms with E-state index in [2.05, 4.69) is 5.32 Å². The predicted octanol–water partition coefficient (Wildman–Crippen LogP) is 2.23. The summed E-state index contributed by atoms with van der Waals surface area (Å²) in [6, 6.07) is 2.92. The van der Waals surface area contributed by atoms with Crippen molar-refractivity contribution in [3.63, 3.8) is 0 Å². The van der Waals surface area contributed by atoms with Crippen LogP contribution >= 0.6 is 0 Å². The molecule has 1 aliphatic heterocycles. The van der Waals surface area contributed by atoms with Crippen LogP contribution < -0.4 is 10.2 Å². The van der Waals surface area contributed by atoms with Gasteiger partial charge in [0.15, 0.2) is 0 Å². The van der Waals surface area contributed by atoms with Gasteiger partial charge in [0, 0.05) is 30.3 Å². The molecule has 0 radical (unpaired) electrons. The zero-order valence-corrected chi connectivity index (χ0v) is 12.2. The number of carbonyl (C=O) groups excluding carboxylic acids is 2. The molecule has 2 amide bonds. The second-order valence-corrected chi connectivity index (χ2v) is 6.27. The van der Waals surface area contributed by atoms with E-state index in [1.54, 1.807) is 0 Å². The van der Waals surface area contributed by atoms with E-state index in [0.717, 1.165) is 18.2 Å². The normalized spacial score (nSPS) is 19.0. The van der Waals surface area contributed by atoms with Crippen molar-refractivity contribution in [2.24, 2.45) is 5.92 Å². The first-order valence-electron chi connectivity index (χ1n) is 6.74. The van der Waals surface area contributed by atoms with Crippen molar-refractivity contribution in [3.8, 4) is 0 Å². The van der Waals surface area contributed by atoms with Gasteiger partial charge in [0.1, 0.15) is 11.6 Å². The summed E-state index contributed by atoms with van der Waals surface area (Å²) in [6.07, 6.45) is 0.0417. The fraction of sp³-hybridized carbons (Fsp3) is 0.467. The molecule has 1 aliphatic rings. The number of carbonyl (C=O) groups is 2. The molecule has 1 heterocycles. The van der Waals surface area contributed by atoms with Crippen molar-refractivity contribution in [3.05, 3.63) is 29.8 Å². The Morgan fingerprint density at radius 1 is 1.24 bits per heavy atom. The Labute approximate surface area is 122 Å². The average Bonchev–Trinajstić information content (AvgIpc) is 2.68. The molecule has 0 aromatic heterocycles. The zero-order valence-electron chi connectivity index (χ0n) is 12.2. The van der Waals surface area contributed by atoms with Gasteiger partial charge in [-0.25, -0.2) is 8.78 Å². The van der Waals surface area contributed by atoms with Crippen molar-refractivity contribution in [2.75, 3.05) is 11.4 Å². The maximum Gasteiger partial charge on any atom is 0.227 e. The van der Waals surface area contributed by atoms with E-state index in [9.17, 15) is 18.4 Å². The largest absolute Gasteiger partial charge is 0.351 e. The summed E-state index contributed by atoms with van der Waals surface area (Å²) in [5.41, 5.74) is -0.248. The first kappa shape index (κ1) is 15.4.